The Morgan fingerprint density at radius 1 is 0.517 bits per heavy atom. The van der Waals surface area contributed by atoms with E-state index in [-0.39, 0.29) is 0 Å². The molecule has 29 heavy (non-hydrogen) atoms. The molecule has 0 atom stereocenters. The average Bonchev–Trinajstić information content (AvgIpc) is 2.74. The summed E-state index contributed by atoms with van der Waals surface area (Å²) in [5, 5.41) is 0. The molecule has 0 aliphatic rings. The van der Waals surface area contributed by atoms with E-state index in [1.807, 2.05) is 0 Å². The summed E-state index contributed by atoms with van der Waals surface area (Å²) in [6, 6.07) is 0. The van der Waals surface area contributed by atoms with Crippen molar-refractivity contribution in [2.75, 3.05) is 106 Å². The molecular weight excluding hydrogens is 382 g/mol. The molecule has 172 valence electrons. The highest BCUT2D eigenvalue weighted by Crippen LogP contribution is 1.92. The van der Waals surface area contributed by atoms with Crippen molar-refractivity contribution in [1.29, 1.82) is 0 Å². The van der Waals surface area contributed by atoms with Crippen molar-refractivity contribution in [3.05, 3.63) is 25.0 Å². The molecule has 0 aliphatic carbocycles. The Labute approximate surface area is 175 Å². The van der Waals surface area contributed by atoms with Gasteiger partial charge in [-0.15, -0.1) is 0 Å². The van der Waals surface area contributed by atoms with Crippen molar-refractivity contribution < 1.29 is 37.9 Å². The van der Waals surface area contributed by atoms with E-state index in [1.165, 1.54) is 0 Å². The lowest BCUT2D eigenvalue weighted by Gasteiger charge is -2.08. The van der Waals surface area contributed by atoms with Crippen molar-refractivity contribution in [1.82, 2.24) is 0 Å². The topological polar surface area (TPSA) is 99.9 Å². The Balaban J connectivity index is 3.01. The molecule has 0 unspecified atom stereocenters. The van der Waals surface area contributed by atoms with Gasteiger partial charge in [-0.1, -0.05) is 13.2 Å². The van der Waals surface area contributed by atoms with Crippen LogP contribution in [0.25, 0.3) is 0 Å². The Morgan fingerprint density at radius 3 is 1.07 bits per heavy atom. The third kappa shape index (κ3) is 24.9. The van der Waals surface area contributed by atoms with Gasteiger partial charge in [0.15, 0.2) is 0 Å². The van der Waals surface area contributed by atoms with Crippen LogP contribution < -0.4 is 5.73 Å². The second-order valence-electron chi connectivity index (χ2n) is 5.59. The van der Waals surface area contributed by atoms with Gasteiger partial charge in [0.05, 0.1) is 92.5 Å². The maximum atomic E-state index is 5.41. The molecule has 9 heteroatoms. The van der Waals surface area contributed by atoms with Gasteiger partial charge in [-0.05, 0) is 6.08 Å². The van der Waals surface area contributed by atoms with Crippen molar-refractivity contribution in [3.8, 4) is 0 Å². The van der Waals surface area contributed by atoms with E-state index < -0.39 is 0 Å². The quantitative estimate of drug-likeness (QED) is 0.130. The smallest absolute Gasteiger partial charge is 0.111 e. The van der Waals surface area contributed by atoms with Gasteiger partial charge in [0.2, 0.25) is 0 Å². The largest absolute Gasteiger partial charge is 0.492 e. The number of nitrogens with two attached hydrogens (primary N) is 1. The van der Waals surface area contributed by atoms with E-state index in [4.69, 9.17) is 43.6 Å². The van der Waals surface area contributed by atoms with E-state index >= 15 is 0 Å². The van der Waals surface area contributed by atoms with E-state index in [2.05, 4.69) is 13.2 Å². The molecule has 0 saturated carbocycles. The normalized spacial score (nSPS) is 10.9. The fourth-order valence-electron chi connectivity index (χ4n) is 1.80. The first kappa shape index (κ1) is 28.0. The summed E-state index contributed by atoms with van der Waals surface area (Å²) in [5.74, 6) is 0.546. The second kappa shape index (κ2) is 25.0. The van der Waals surface area contributed by atoms with Crippen LogP contribution in [0.3, 0.4) is 0 Å². The summed E-state index contributed by atoms with van der Waals surface area (Å²) in [6.45, 7) is 15.6. The summed E-state index contributed by atoms with van der Waals surface area (Å²) in [7, 11) is 0. The minimum Gasteiger partial charge on any atom is -0.492 e. The maximum absolute atomic E-state index is 5.41. The Kier molecular flexibility index (Phi) is 24.1. The van der Waals surface area contributed by atoms with Gasteiger partial charge >= 0.3 is 0 Å². The molecule has 0 aliphatic heterocycles. The van der Waals surface area contributed by atoms with Crippen LogP contribution in [0.1, 0.15) is 0 Å². The Morgan fingerprint density at radius 2 is 0.793 bits per heavy atom. The summed E-state index contributed by atoms with van der Waals surface area (Å²) >= 11 is 0. The second-order valence-corrected chi connectivity index (χ2v) is 5.59. The summed E-state index contributed by atoms with van der Waals surface area (Å²) in [5.41, 5.74) is 5.30. The van der Waals surface area contributed by atoms with Gasteiger partial charge in [-0.2, -0.15) is 0 Å². The Hall–Kier alpha value is -1.04. The van der Waals surface area contributed by atoms with Crippen LogP contribution in [0, 0.1) is 0 Å². The maximum Gasteiger partial charge on any atom is 0.111 e. The van der Waals surface area contributed by atoms with Crippen LogP contribution in [-0.2, 0) is 37.9 Å². The van der Waals surface area contributed by atoms with Crippen molar-refractivity contribution >= 4 is 0 Å². The first-order valence-corrected chi connectivity index (χ1v) is 9.99. The number of ether oxygens (including phenoxy) is 8. The van der Waals surface area contributed by atoms with E-state index in [9.17, 15) is 0 Å². The molecule has 0 amide bonds. The van der Waals surface area contributed by atoms with Crippen LogP contribution in [0.5, 0.6) is 0 Å². The minimum absolute atomic E-state index is 0.456. The summed E-state index contributed by atoms with van der Waals surface area (Å²) < 4.78 is 42.7. The molecule has 0 saturated heterocycles. The predicted octanol–water partition coefficient (Wildman–Crippen LogP) is 0.778. The SMILES string of the molecule is C=CC(=C)OCCOCCOCCOCCOCCOCCOCCOCCN. The molecule has 0 spiro atoms. The zero-order valence-corrected chi connectivity index (χ0v) is 17.6. The standard InChI is InChI=1S/C20H39NO8/c1-3-20(2)29-19-18-28-17-16-27-15-14-26-13-12-25-11-10-24-9-8-23-7-6-22-5-4-21/h3H,1-2,4-19,21H2. The molecule has 0 radical (unpaired) electrons. The zero-order chi connectivity index (χ0) is 21.3. The first-order valence-electron chi connectivity index (χ1n) is 9.99. The van der Waals surface area contributed by atoms with Gasteiger partial charge < -0.3 is 43.6 Å². The zero-order valence-electron chi connectivity index (χ0n) is 17.6. The molecular formula is C20H39NO8. The van der Waals surface area contributed by atoms with Crippen molar-refractivity contribution in [2.24, 2.45) is 5.73 Å². The molecule has 2 N–H and O–H groups in total. The third-order valence-corrected chi connectivity index (χ3v) is 3.24. The fourth-order valence-corrected chi connectivity index (χ4v) is 1.80. The molecule has 9 nitrogen and oxygen atoms in total. The summed E-state index contributed by atoms with van der Waals surface area (Å²) in [4.78, 5) is 0. The number of allylic oxidation sites excluding steroid dienone is 1. The lowest BCUT2D eigenvalue weighted by Crippen LogP contribution is -2.15. The molecule has 0 fully saturated rings. The molecule has 0 aromatic heterocycles. The van der Waals surface area contributed by atoms with Gasteiger partial charge in [0, 0.05) is 6.54 Å². The molecule has 0 aromatic rings. The predicted molar refractivity (Wildman–Crippen MR) is 110 cm³/mol. The van der Waals surface area contributed by atoms with Crippen LogP contribution in [0.4, 0.5) is 0 Å². The molecule has 0 aromatic carbocycles. The minimum atomic E-state index is 0.456. The van der Waals surface area contributed by atoms with Crippen LogP contribution in [-0.4, -0.2) is 106 Å². The van der Waals surface area contributed by atoms with Gasteiger partial charge in [0.1, 0.15) is 12.4 Å². The van der Waals surface area contributed by atoms with Gasteiger partial charge in [0.25, 0.3) is 0 Å². The highest BCUT2D eigenvalue weighted by Gasteiger charge is 1.95. The highest BCUT2D eigenvalue weighted by molar-refractivity contribution is 5.01. The first-order chi connectivity index (χ1) is 14.3. The molecule has 0 bridgehead atoms. The van der Waals surface area contributed by atoms with Crippen molar-refractivity contribution in [2.45, 2.75) is 0 Å². The van der Waals surface area contributed by atoms with E-state index in [1.54, 1.807) is 6.08 Å². The lowest BCUT2D eigenvalue weighted by molar-refractivity contribution is -0.0216. The fraction of sp³-hybridized carbons (Fsp3) is 0.800. The van der Waals surface area contributed by atoms with Crippen LogP contribution >= 0.6 is 0 Å². The number of hydrogen-bond acceptors (Lipinski definition) is 9. The van der Waals surface area contributed by atoms with E-state index in [0.29, 0.717) is 111 Å². The van der Waals surface area contributed by atoms with Crippen LogP contribution in [0.2, 0.25) is 0 Å². The lowest BCUT2D eigenvalue weighted by atomic mass is 10.5. The highest BCUT2D eigenvalue weighted by atomic mass is 16.6. The summed E-state index contributed by atoms with van der Waals surface area (Å²) in [6.07, 6.45) is 1.56. The van der Waals surface area contributed by atoms with Gasteiger partial charge in [-0.3, -0.25) is 0 Å². The molecule has 0 rings (SSSR count). The van der Waals surface area contributed by atoms with E-state index in [0.717, 1.165) is 0 Å². The van der Waals surface area contributed by atoms with Crippen LogP contribution in [0.15, 0.2) is 25.0 Å². The monoisotopic (exact) mass is 421 g/mol. The third-order valence-electron chi connectivity index (χ3n) is 3.24. The van der Waals surface area contributed by atoms with Crippen molar-refractivity contribution in [3.63, 3.8) is 0 Å². The number of hydrogen-bond donors (Lipinski definition) is 1. The van der Waals surface area contributed by atoms with Gasteiger partial charge in [-0.25, -0.2) is 0 Å². The molecule has 0 heterocycles. The average molecular weight is 422 g/mol. The number of rotatable bonds is 25. The Bertz CT molecular complexity index is 357.